The maximum absolute atomic E-state index is 12.4. The summed E-state index contributed by atoms with van der Waals surface area (Å²) >= 11 is 0. The molecule has 0 aliphatic rings. The Hall–Kier alpha value is -3.10. The SMILES string of the molecule is Cc1ccc(C)c(S(=O)(=O)NCCNC(=O)c2cnc(-c3ccccc3)nc2)c1. The molecule has 1 heterocycles. The third-order valence-corrected chi connectivity index (χ3v) is 5.88. The van der Waals surface area contributed by atoms with Crippen LogP contribution in [-0.2, 0) is 10.0 Å². The fourth-order valence-electron chi connectivity index (χ4n) is 2.72. The number of nitrogens with zero attached hydrogens (tertiary/aromatic N) is 2. The molecule has 0 radical (unpaired) electrons. The molecular formula is C21H22N4O3S. The summed E-state index contributed by atoms with van der Waals surface area (Å²) in [5, 5.41) is 2.66. The summed E-state index contributed by atoms with van der Waals surface area (Å²) in [6.45, 7) is 3.80. The van der Waals surface area contributed by atoms with E-state index in [0.29, 0.717) is 17.0 Å². The smallest absolute Gasteiger partial charge is 0.254 e. The molecule has 0 atom stereocenters. The Morgan fingerprint density at radius 3 is 2.34 bits per heavy atom. The van der Waals surface area contributed by atoms with Crippen molar-refractivity contribution in [3.8, 4) is 11.4 Å². The van der Waals surface area contributed by atoms with Gasteiger partial charge in [0.25, 0.3) is 5.91 Å². The molecule has 0 bridgehead atoms. The van der Waals surface area contributed by atoms with Crippen LogP contribution in [0.5, 0.6) is 0 Å². The van der Waals surface area contributed by atoms with Gasteiger partial charge in [-0.05, 0) is 31.0 Å². The number of hydrogen-bond donors (Lipinski definition) is 2. The first-order valence-corrected chi connectivity index (χ1v) is 10.6. The van der Waals surface area contributed by atoms with Crippen molar-refractivity contribution in [3.63, 3.8) is 0 Å². The molecule has 1 aromatic heterocycles. The zero-order chi connectivity index (χ0) is 20.9. The number of carbonyl (C=O) groups excluding carboxylic acids is 1. The zero-order valence-electron chi connectivity index (χ0n) is 16.2. The van der Waals surface area contributed by atoms with E-state index in [4.69, 9.17) is 0 Å². The van der Waals surface area contributed by atoms with Gasteiger partial charge in [0.05, 0.1) is 10.5 Å². The maximum Gasteiger partial charge on any atom is 0.254 e. The Bertz CT molecular complexity index is 1100. The van der Waals surface area contributed by atoms with Gasteiger partial charge in [0, 0.05) is 31.0 Å². The summed E-state index contributed by atoms with van der Waals surface area (Å²) in [5.74, 6) is 0.166. The van der Waals surface area contributed by atoms with Crippen LogP contribution in [0, 0.1) is 13.8 Å². The molecule has 3 aromatic rings. The van der Waals surface area contributed by atoms with Crippen molar-refractivity contribution in [2.45, 2.75) is 18.7 Å². The number of aryl methyl sites for hydroxylation is 2. The van der Waals surface area contributed by atoms with Crippen LogP contribution in [0.15, 0.2) is 65.8 Å². The van der Waals surface area contributed by atoms with Crippen molar-refractivity contribution < 1.29 is 13.2 Å². The van der Waals surface area contributed by atoms with E-state index in [1.807, 2.05) is 43.3 Å². The molecule has 150 valence electrons. The lowest BCUT2D eigenvalue weighted by Gasteiger charge is -2.11. The third kappa shape index (κ3) is 5.24. The minimum absolute atomic E-state index is 0.0738. The van der Waals surface area contributed by atoms with Gasteiger partial charge in [0.2, 0.25) is 10.0 Å². The quantitative estimate of drug-likeness (QED) is 0.583. The molecule has 8 heteroatoms. The minimum Gasteiger partial charge on any atom is -0.351 e. The van der Waals surface area contributed by atoms with Crippen molar-refractivity contribution in [1.29, 1.82) is 0 Å². The highest BCUT2D eigenvalue weighted by Crippen LogP contribution is 2.16. The van der Waals surface area contributed by atoms with Crippen LogP contribution in [0.1, 0.15) is 21.5 Å². The monoisotopic (exact) mass is 410 g/mol. The Morgan fingerprint density at radius 1 is 0.966 bits per heavy atom. The largest absolute Gasteiger partial charge is 0.351 e. The molecule has 2 N–H and O–H groups in total. The normalized spacial score (nSPS) is 11.2. The molecule has 7 nitrogen and oxygen atoms in total. The number of amides is 1. The van der Waals surface area contributed by atoms with Crippen LogP contribution in [0.4, 0.5) is 0 Å². The van der Waals surface area contributed by atoms with E-state index in [0.717, 1.165) is 11.1 Å². The molecule has 29 heavy (non-hydrogen) atoms. The van der Waals surface area contributed by atoms with Crippen molar-refractivity contribution in [1.82, 2.24) is 20.0 Å². The summed E-state index contributed by atoms with van der Waals surface area (Å²) in [6.07, 6.45) is 2.90. The van der Waals surface area contributed by atoms with Gasteiger partial charge in [0.15, 0.2) is 5.82 Å². The minimum atomic E-state index is -3.64. The number of nitrogens with one attached hydrogen (secondary N) is 2. The van der Waals surface area contributed by atoms with E-state index >= 15 is 0 Å². The number of hydrogen-bond acceptors (Lipinski definition) is 5. The van der Waals surface area contributed by atoms with E-state index in [9.17, 15) is 13.2 Å². The third-order valence-electron chi connectivity index (χ3n) is 4.28. The van der Waals surface area contributed by atoms with Crippen molar-refractivity contribution >= 4 is 15.9 Å². The van der Waals surface area contributed by atoms with Crippen LogP contribution < -0.4 is 10.0 Å². The van der Waals surface area contributed by atoms with Crippen molar-refractivity contribution in [3.05, 3.63) is 77.6 Å². The van der Waals surface area contributed by atoms with Gasteiger partial charge in [-0.3, -0.25) is 4.79 Å². The maximum atomic E-state index is 12.4. The Labute approximate surface area is 170 Å². The Balaban J connectivity index is 1.54. The number of benzene rings is 2. The highest BCUT2D eigenvalue weighted by molar-refractivity contribution is 7.89. The second-order valence-corrected chi connectivity index (χ2v) is 8.32. The van der Waals surface area contributed by atoms with Crippen LogP contribution in [-0.4, -0.2) is 37.4 Å². The number of sulfonamides is 1. The molecule has 0 unspecified atom stereocenters. The molecule has 3 rings (SSSR count). The summed E-state index contributed by atoms with van der Waals surface area (Å²) < 4.78 is 27.4. The zero-order valence-corrected chi connectivity index (χ0v) is 17.0. The predicted octanol–water partition coefficient (Wildman–Crippen LogP) is 2.47. The van der Waals surface area contributed by atoms with Gasteiger partial charge in [-0.2, -0.15) is 0 Å². The van der Waals surface area contributed by atoms with Gasteiger partial charge in [-0.1, -0.05) is 42.5 Å². The predicted molar refractivity (Wildman–Crippen MR) is 111 cm³/mol. The molecule has 0 aliphatic carbocycles. The number of aromatic nitrogens is 2. The fourth-order valence-corrected chi connectivity index (χ4v) is 4.08. The summed E-state index contributed by atoms with van der Waals surface area (Å²) in [5.41, 5.74) is 2.70. The van der Waals surface area contributed by atoms with Gasteiger partial charge < -0.3 is 5.32 Å². The molecule has 0 fully saturated rings. The van der Waals surface area contributed by atoms with Gasteiger partial charge >= 0.3 is 0 Å². The average molecular weight is 410 g/mol. The van der Waals surface area contributed by atoms with E-state index < -0.39 is 10.0 Å². The lowest BCUT2D eigenvalue weighted by Crippen LogP contribution is -2.35. The topological polar surface area (TPSA) is 101 Å². The highest BCUT2D eigenvalue weighted by atomic mass is 32.2. The summed E-state index contributed by atoms with van der Waals surface area (Å²) in [7, 11) is -3.64. The van der Waals surface area contributed by atoms with Crippen LogP contribution in [0.2, 0.25) is 0 Å². The van der Waals surface area contributed by atoms with E-state index in [-0.39, 0.29) is 23.9 Å². The van der Waals surface area contributed by atoms with Crippen LogP contribution in [0.25, 0.3) is 11.4 Å². The molecule has 1 amide bonds. The molecule has 2 aromatic carbocycles. The Morgan fingerprint density at radius 2 is 1.66 bits per heavy atom. The first-order valence-electron chi connectivity index (χ1n) is 9.09. The number of carbonyl (C=O) groups is 1. The Kier molecular flexibility index (Phi) is 6.36. The van der Waals surface area contributed by atoms with E-state index in [1.165, 1.54) is 12.4 Å². The molecule has 0 aliphatic heterocycles. The average Bonchev–Trinajstić information content (AvgIpc) is 2.73. The van der Waals surface area contributed by atoms with Gasteiger partial charge in [-0.15, -0.1) is 0 Å². The highest BCUT2D eigenvalue weighted by Gasteiger charge is 2.16. The first-order chi connectivity index (χ1) is 13.9. The van der Waals surface area contributed by atoms with Gasteiger partial charge in [0.1, 0.15) is 0 Å². The molecule has 0 saturated carbocycles. The van der Waals surface area contributed by atoms with E-state index in [1.54, 1.807) is 19.1 Å². The van der Waals surface area contributed by atoms with Crippen LogP contribution in [0.3, 0.4) is 0 Å². The number of rotatable bonds is 7. The molecule has 0 spiro atoms. The molecular weight excluding hydrogens is 388 g/mol. The molecule has 0 saturated heterocycles. The lowest BCUT2D eigenvalue weighted by atomic mass is 10.2. The van der Waals surface area contributed by atoms with E-state index in [2.05, 4.69) is 20.0 Å². The summed E-state index contributed by atoms with van der Waals surface area (Å²) in [6, 6.07) is 14.7. The summed E-state index contributed by atoms with van der Waals surface area (Å²) in [4.78, 5) is 20.9. The van der Waals surface area contributed by atoms with Gasteiger partial charge in [-0.25, -0.2) is 23.1 Å². The van der Waals surface area contributed by atoms with Crippen molar-refractivity contribution in [2.24, 2.45) is 0 Å². The standard InChI is InChI=1S/C21H22N4O3S/c1-15-8-9-16(2)19(12-15)29(27,28)25-11-10-22-21(26)18-13-23-20(24-14-18)17-6-4-3-5-7-17/h3-9,12-14,25H,10-11H2,1-2H3,(H,22,26). The first kappa shape index (κ1) is 20.6. The second-order valence-electron chi connectivity index (χ2n) is 6.58. The lowest BCUT2D eigenvalue weighted by molar-refractivity contribution is 0.0953. The fraction of sp³-hybridized carbons (Fsp3) is 0.190. The van der Waals surface area contributed by atoms with Crippen LogP contribution >= 0.6 is 0 Å². The second kappa shape index (κ2) is 8.93. The van der Waals surface area contributed by atoms with Crippen molar-refractivity contribution in [2.75, 3.05) is 13.1 Å².